The van der Waals surface area contributed by atoms with E-state index in [2.05, 4.69) is 14.7 Å². The molecular weight excluding hydrogens is 438 g/mol. The molecule has 4 aromatic rings. The highest BCUT2D eigenvalue weighted by molar-refractivity contribution is 7.89. The molecule has 8 nitrogen and oxygen atoms in total. The van der Waals surface area contributed by atoms with Gasteiger partial charge >= 0.3 is 5.97 Å². The molecule has 0 bridgehead atoms. The Bertz CT molecular complexity index is 1430. The topological polar surface area (TPSA) is 118 Å². The average Bonchev–Trinajstić information content (AvgIpc) is 3.23. The number of nitrogens with one attached hydrogen (secondary N) is 2. The number of hydrogen-bond acceptors (Lipinski definition) is 7. The lowest BCUT2D eigenvalue weighted by Crippen LogP contribution is -2.19. The number of hydrogen-bond donors (Lipinski definition) is 2. The Kier molecular flexibility index (Phi) is 5.68. The number of nitrogens with zero attached hydrogens (tertiary/aromatic N) is 1. The van der Waals surface area contributed by atoms with E-state index < -0.39 is 16.0 Å². The smallest absolute Gasteiger partial charge is 0.338 e. The van der Waals surface area contributed by atoms with Gasteiger partial charge in [-0.1, -0.05) is 36.4 Å². The molecule has 4 rings (SSSR count). The number of rotatable bonds is 6. The maximum absolute atomic E-state index is 12.7. The number of carbonyl (C=O) groups excluding carboxylic acids is 1. The van der Waals surface area contributed by atoms with E-state index >= 15 is 0 Å². The van der Waals surface area contributed by atoms with Gasteiger partial charge in [0.1, 0.15) is 17.3 Å². The van der Waals surface area contributed by atoms with Crippen molar-refractivity contribution in [2.75, 3.05) is 7.05 Å². The van der Waals surface area contributed by atoms with Gasteiger partial charge in [-0.3, -0.25) is 4.79 Å². The number of aromatic amines is 1. The Morgan fingerprint density at radius 1 is 1.16 bits per heavy atom. The molecule has 158 valence electrons. The second-order valence-electron chi connectivity index (χ2n) is 6.52. The lowest BCUT2D eigenvalue weighted by Gasteiger charge is -2.07. The second-order valence-corrected chi connectivity index (χ2v) is 9.26. The minimum atomic E-state index is -3.69. The van der Waals surface area contributed by atoms with Gasteiger partial charge in [-0.2, -0.15) is 0 Å². The molecule has 2 heterocycles. The second kappa shape index (κ2) is 8.42. The highest BCUT2D eigenvalue weighted by Crippen LogP contribution is 2.30. The third-order valence-electron chi connectivity index (χ3n) is 4.57. The summed E-state index contributed by atoms with van der Waals surface area (Å²) >= 11 is 1.33. The van der Waals surface area contributed by atoms with E-state index in [1.54, 1.807) is 0 Å². The first-order valence-corrected chi connectivity index (χ1v) is 11.5. The molecule has 0 atom stereocenters. The first-order valence-electron chi connectivity index (χ1n) is 9.15. The Labute approximate surface area is 181 Å². The number of benzene rings is 2. The van der Waals surface area contributed by atoms with Crippen LogP contribution in [0.5, 0.6) is 0 Å². The molecule has 0 aliphatic carbocycles. The summed E-state index contributed by atoms with van der Waals surface area (Å²) in [6, 6.07) is 15.0. The molecule has 2 N–H and O–H groups in total. The SMILES string of the molecule is CNS(=O)(=O)c1cccc(C(=O)OCc2nc3scc(-c4ccccc4)c3c(=O)[nH]2)c1. The fourth-order valence-corrected chi connectivity index (χ4v) is 4.76. The number of ether oxygens (including phenoxy) is 1. The van der Waals surface area contributed by atoms with Gasteiger partial charge in [0.15, 0.2) is 0 Å². The molecule has 0 saturated carbocycles. The van der Waals surface area contributed by atoms with Crippen molar-refractivity contribution in [3.8, 4) is 11.1 Å². The largest absolute Gasteiger partial charge is 0.454 e. The minimum absolute atomic E-state index is 0.0515. The zero-order chi connectivity index (χ0) is 22.0. The van der Waals surface area contributed by atoms with Crippen molar-refractivity contribution >= 4 is 37.5 Å². The van der Waals surface area contributed by atoms with Crippen molar-refractivity contribution in [1.29, 1.82) is 0 Å². The number of aromatic nitrogens is 2. The third-order valence-corrected chi connectivity index (χ3v) is 6.85. The number of fused-ring (bicyclic) bond motifs is 1. The van der Waals surface area contributed by atoms with Crippen LogP contribution in [0.3, 0.4) is 0 Å². The predicted molar refractivity (Wildman–Crippen MR) is 117 cm³/mol. The van der Waals surface area contributed by atoms with Gasteiger partial charge in [0, 0.05) is 10.9 Å². The van der Waals surface area contributed by atoms with E-state index in [0.717, 1.165) is 11.1 Å². The van der Waals surface area contributed by atoms with Gasteiger partial charge in [0.2, 0.25) is 10.0 Å². The molecule has 10 heteroatoms. The summed E-state index contributed by atoms with van der Waals surface area (Å²) in [5.41, 5.74) is 1.46. The monoisotopic (exact) mass is 455 g/mol. The molecular formula is C21H17N3O5S2. The first kappa shape index (κ1) is 20.9. The fraction of sp³-hybridized carbons (Fsp3) is 0.0952. The van der Waals surface area contributed by atoms with Crippen LogP contribution in [0.15, 0.2) is 69.7 Å². The van der Waals surface area contributed by atoms with Crippen LogP contribution in [0, 0.1) is 0 Å². The summed E-state index contributed by atoms with van der Waals surface area (Å²) in [6.07, 6.45) is 0. The first-order chi connectivity index (χ1) is 14.9. The van der Waals surface area contributed by atoms with Crippen molar-refractivity contribution < 1.29 is 17.9 Å². The van der Waals surface area contributed by atoms with Crippen LogP contribution in [0.25, 0.3) is 21.3 Å². The number of carbonyl (C=O) groups is 1. The molecule has 0 amide bonds. The van der Waals surface area contributed by atoms with Gasteiger partial charge < -0.3 is 9.72 Å². The fourth-order valence-electron chi connectivity index (χ4n) is 3.02. The highest BCUT2D eigenvalue weighted by atomic mass is 32.2. The Balaban J connectivity index is 1.56. The van der Waals surface area contributed by atoms with Crippen LogP contribution >= 0.6 is 11.3 Å². The molecule has 2 aromatic carbocycles. The summed E-state index contributed by atoms with van der Waals surface area (Å²) in [7, 11) is -2.40. The quantitative estimate of drug-likeness (QED) is 0.432. The molecule has 2 aromatic heterocycles. The van der Waals surface area contributed by atoms with E-state index in [0.29, 0.717) is 10.2 Å². The van der Waals surface area contributed by atoms with E-state index in [-0.39, 0.29) is 28.4 Å². The van der Waals surface area contributed by atoms with Gasteiger partial charge in [0.05, 0.1) is 15.8 Å². The Morgan fingerprint density at radius 3 is 2.68 bits per heavy atom. The van der Waals surface area contributed by atoms with E-state index in [4.69, 9.17) is 4.74 Å². The average molecular weight is 456 g/mol. The molecule has 31 heavy (non-hydrogen) atoms. The van der Waals surface area contributed by atoms with Crippen LogP contribution < -0.4 is 10.3 Å². The van der Waals surface area contributed by atoms with E-state index in [1.807, 2.05) is 35.7 Å². The van der Waals surface area contributed by atoms with Crippen molar-refractivity contribution in [2.24, 2.45) is 0 Å². The molecule has 0 unspecified atom stereocenters. The normalized spacial score (nSPS) is 11.5. The van der Waals surface area contributed by atoms with Crippen molar-refractivity contribution in [2.45, 2.75) is 11.5 Å². The van der Waals surface area contributed by atoms with Gasteiger partial charge in [-0.25, -0.2) is 22.9 Å². The Hall–Kier alpha value is -3.34. The number of esters is 1. The van der Waals surface area contributed by atoms with Crippen LogP contribution in [-0.4, -0.2) is 31.4 Å². The van der Waals surface area contributed by atoms with Crippen molar-refractivity contribution in [3.63, 3.8) is 0 Å². The van der Waals surface area contributed by atoms with E-state index in [9.17, 15) is 18.0 Å². The lowest BCUT2D eigenvalue weighted by atomic mass is 10.1. The summed E-state index contributed by atoms with van der Waals surface area (Å²) in [5, 5.41) is 2.35. The van der Waals surface area contributed by atoms with Gasteiger partial charge in [-0.05, 0) is 30.8 Å². The molecule has 0 fully saturated rings. The predicted octanol–water partition coefficient (Wildman–Crippen LogP) is 2.92. The summed E-state index contributed by atoms with van der Waals surface area (Å²) < 4.78 is 31.2. The highest BCUT2D eigenvalue weighted by Gasteiger charge is 2.17. The van der Waals surface area contributed by atoms with Crippen LogP contribution in [-0.2, 0) is 21.4 Å². The minimum Gasteiger partial charge on any atom is -0.454 e. The maximum atomic E-state index is 12.7. The standard InChI is InChI=1S/C21H17N3O5S2/c1-22-31(27,28)15-9-5-8-14(10-15)21(26)29-11-17-23-19(25)18-16(12-30-20(18)24-17)13-6-3-2-4-7-13/h2-10,12,22H,11H2,1H3,(H,23,24,25). The molecule has 0 aliphatic heterocycles. The Morgan fingerprint density at radius 2 is 1.94 bits per heavy atom. The lowest BCUT2D eigenvalue weighted by molar-refractivity contribution is 0.0462. The maximum Gasteiger partial charge on any atom is 0.338 e. The summed E-state index contributed by atoms with van der Waals surface area (Å²) in [6.45, 7) is -0.258. The van der Waals surface area contributed by atoms with Crippen LogP contribution in [0.4, 0.5) is 0 Å². The van der Waals surface area contributed by atoms with Crippen LogP contribution in [0.1, 0.15) is 16.2 Å². The number of H-pyrrole nitrogens is 1. The van der Waals surface area contributed by atoms with Crippen molar-refractivity contribution in [3.05, 3.63) is 81.7 Å². The zero-order valence-electron chi connectivity index (χ0n) is 16.3. The van der Waals surface area contributed by atoms with Crippen LogP contribution in [0.2, 0.25) is 0 Å². The summed E-state index contributed by atoms with van der Waals surface area (Å²) in [5.74, 6) is -0.529. The molecule has 0 radical (unpaired) electrons. The van der Waals surface area contributed by atoms with Crippen molar-refractivity contribution in [1.82, 2.24) is 14.7 Å². The molecule has 0 spiro atoms. The zero-order valence-corrected chi connectivity index (χ0v) is 17.9. The van der Waals surface area contributed by atoms with Gasteiger partial charge in [0.25, 0.3) is 5.56 Å². The summed E-state index contributed by atoms with van der Waals surface area (Å²) in [4.78, 5) is 32.6. The third kappa shape index (κ3) is 4.26. The molecule has 0 aliphatic rings. The molecule has 0 saturated heterocycles. The number of thiophene rings is 1. The number of sulfonamides is 1. The van der Waals surface area contributed by atoms with E-state index in [1.165, 1.54) is 42.6 Å². The van der Waals surface area contributed by atoms with Gasteiger partial charge in [-0.15, -0.1) is 11.3 Å².